The van der Waals surface area contributed by atoms with Crippen LogP contribution in [0.25, 0.3) is 0 Å². The van der Waals surface area contributed by atoms with Crippen LogP contribution >= 0.6 is 0 Å². The second-order valence-corrected chi connectivity index (χ2v) is 4.14. The summed E-state index contributed by atoms with van der Waals surface area (Å²) in [6.45, 7) is -2.86. The molecule has 0 fully saturated rings. The molecule has 0 aliphatic rings. The molecule has 2 heterocycles. The van der Waals surface area contributed by atoms with Crippen molar-refractivity contribution in [2.45, 2.75) is 19.3 Å². The molecular weight excluding hydrogens is 309 g/mol. The average Bonchev–Trinajstić information content (AvgIpc) is 2.45. The molecular formula is C13H10F5N3O. The molecule has 0 spiro atoms. The number of pyridine rings is 2. The summed E-state index contributed by atoms with van der Waals surface area (Å²) in [5.74, 6) is -0.0690. The van der Waals surface area contributed by atoms with Gasteiger partial charge in [0.15, 0.2) is 0 Å². The van der Waals surface area contributed by atoms with E-state index in [4.69, 9.17) is 0 Å². The number of hydrogen-bond acceptors (Lipinski definition) is 4. The zero-order valence-corrected chi connectivity index (χ0v) is 10.9. The largest absolute Gasteiger partial charge is 0.433 e. The lowest BCUT2D eigenvalue weighted by Gasteiger charge is -2.10. The molecule has 2 aromatic rings. The quantitative estimate of drug-likeness (QED) is 0.854. The third-order valence-electron chi connectivity index (χ3n) is 2.56. The van der Waals surface area contributed by atoms with Crippen LogP contribution in [0.5, 0.6) is 5.75 Å². The van der Waals surface area contributed by atoms with Gasteiger partial charge < -0.3 is 10.1 Å². The van der Waals surface area contributed by atoms with Gasteiger partial charge >= 0.3 is 12.8 Å². The van der Waals surface area contributed by atoms with Gasteiger partial charge in [0.25, 0.3) is 0 Å². The van der Waals surface area contributed by atoms with Crippen molar-refractivity contribution in [2.24, 2.45) is 0 Å². The van der Waals surface area contributed by atoms with Crippen LogP contribution in [0.3, 0.4) is 0 Å². The first-order valence-corrected chi connectivity index (χ1v) is 6.01. The molecule has 22 heavy (non-hydrogen) atoms. The van der Waals surface area contributed by atoms with Crippen LogP contribution in [0.2, 0.25) is 0 Å². The highest BCUT2D eigenvalue weighted by molar-refractivity contribution is 5.39. The lowest BCUT2D eigenvalue weighted by molar-refractivity contribution is -0.137. The number of ether oxygens (including phenoxy) is 1. The number of alkyl halides is 5. The van der Waals surface area contributed by atoms with E-state index in [1.165, 1.54) is 12.1 Å². The van der Waals surface area contributed by atoms with Crippen molar-refractivity contribution in [3.63, 3.8) is 0 Å². The Morgan fingerprint density at radius 1 is 1.14 bits per heavy atom. The first-order chi connectivity index (χ1) is 10.3. The van der Waals surface area contributed by atoms with Gasteiger partial charge in [0.05, 0.1) is 24.0 Å². The molecule has 0 aliphatic heterocycles. The molecule has 0 unspecified atom stereocenters. The van der Waals surface area contributed by atoms with Gasteiger partial charge in [-0.15, -0.1) is 0 Å². The summed E-state index contributed by atoms with van der Waals surface area (Å²) >= 11 is 0. The highest BCUT2D eigenvalue weighted by Crippen LogP contribution is 2.29. The lowest BCUT2D eigenvalue weighted by Crippen LogP contribution is -2.08. The molecule has 0 saturated carbocycles. The molecule has 9 heteroatoms. The lowest BCUT2D eigenvalue weighted by atomic mass is 10.2. The summed E-state index contributed by atoms with van der Waals surface area (Å²) in [4.78, 5) is 7.61. The second-order valence-electron chi connectivity index (χ2n) is 4.14. The van der Waals surface area contributed by atoms with Crippen LogP contribution in [0, 0.1) is 0 Å². The topological polar surface area (TPSA) is 47.0 Å². The van der Waals surface area contributed by atoms with Crippen molar-refractivity contribution in [1.82, 2.24) is 9.97 Å². The van der Waals surface area contributed by atoms with Crippen molar-refractivity contribution in [3.8, 4) is 5.75 Å². The Bertz CT molecular complexity index is 616. The fourth-order valence-corrected chi connectivity index (χ4v) is 1.57. The van der Waals surface area contributed by atoms with Crippen LogP contribution in [0.4, 0.5) is 27.8 Å². The predicted molar refractivity (Wildman–Crippen MR) is 67.4 cm³/mol. The second kappa shape index (κ2) is 6.54. The Balaban J connectivity index is 1.98. The van der Waals surface area contributed by atoms with Crippen molar-refractivity contribution >= 4 is 5.82 Å². The van der Waals surface area contributed by atoms with Gasteiger partial charge in [-0.1, -0.05) is 0 Å². The van der Waals surface area contributed by atoms with E-state index in [-0.39, 0.29) is 18.1 Å². The van der Waals surface area contributed by atoms with Gasteiger partial charge in [0.2, 0.25) is 0 Å². The van der Waals surface area contributed by atoms with Crippen molar-refractivity contribution in [1.29, 1.82) is 0 Å². The fourth-order valence-electron chi connectivity index (χ4n) is 1.57. The molecule has 2 aromatic heterocycles. The highest BCUT2D eigenvalue weighted by atomic mass is 19.4. The summed E-state index contributed by atoms with van der Waals surface area (Å²) in [5.41, 5.74) is -0.389. The number of nitrogens with zero attached hydrogens (tertiary/aromatic N) is 2. The summed E-state index contributed by atoms with van der Waals surface area (Å²) in [7, 11) is 0. The zero-order chi connectivity index (χ0) is 16.2. The van der Waals surface area contributed by atoms with E-state index in [0.717, 1.165) is 24.5 Å². The van der Waals surface area contributed by atoms with E-state index in [0.29, 0.717) is 5.69 Å². The minimum atomic E-state index is -4.45. The van der Waals surface area contributed by atoms with Crippen LogP contribution in [0.1, 0.15) is 11.3 Å². The maximum atomic E-state index is 12.5. The number of halogens is 5. The predicted octanol–water partition coefficient (Wildman–Crippen LogP) is 3.71. The Labute approximate surface area is 122 Å². The Morgan fingerprint density at radius 2 is 1.91 bits per heavy atom. The monoisotopic (exact) mass is 319 g/mol. The van der Waals surface area contributed by atoms with E-state index in [1.54, 1.807) is 0 Å². The summed E-state index contributed by atoms with van der Waals surface area (Å²) in [6, 6.07) is 4.43. The molecule has 0 aromatic carbocycles. The maximum Gasteiger partial charge on any atom is 0.416 e. The van der Waals surface area contributed by atoms with E-state index in [9.17, 15) is 22.0 Å². The van der Waals surface area contributed by atoms with E-state index < -0.39 is 18.4 Å². The Kier molecular flexibility index (Phi) is 4.74. The third-order valence-corrected chi connectivity index (χ3v) is 2.56. The van der Waals surface area contributed by atoms with Gasteiger partial charge in [-0.2, -0.15) is 22.0 Å². The molecule has 0 atom stereocenters. The molecule has 0 aliphatic carbocycles. The smallest absolute Gasteiger partial charge is 0.416 e. The standard InChI is InChI=1S/C13H10F5N3O/c14-12(15)22-10-2-1-9(20-7-10)6-21-11-5-8(3-4-19-11)13(16,17)18/h1-5,7,12H,6H2,(H,19,21). The average molecular weight is 319 g/mol. The number of rotatable bonds is 5. The molecule has 0 amide bonds. The minimum Gasteiger partial charge on any atom is -0.433 e. The van der Waals surface area contributed by atoms with Crippen LogP contribution in [0.15, 0.2) is 36.7 Å². The number of nitrogens with one attached hydrogen (secondary N) is 1. The van der Waals surface area contributed by atoms with Crippen molar-refractivity contribution < 1.29 is 26.7 Å². The Morgan fingerprint density at radius 3 is 2.50 bits per heavy atom. The molecule has 4 nitrogen and oxygen atoms in total. The van der Waals surface area contributed by atoms with E-state index in [1.807, 2.05) is 0 Å². The molecule has 1 N–H and O–H groups in total. The van der Waals surface area contributed by atoms with E-state index in [2.05, 4.69) is 20.0 Å². The van der Waals surface area contributed by atoms with Crippen LogP contribution < -0.4 is 10.1 Å². The normalized spacial score (nSPS) is 11.5. The maximum absolute atomic E-state index is 12.5. The molecule has 0 radical (unpaired) electrons. The number of aromatic nitrogens is 2. The van der Waals surface area contributed by atoms with Gasteiger partial charge in [-0.25, -0.2) is 4.98 Å². The van der Waals surface area contributed by atoms with Crippen molar-refractivity contribution in [3.05, 3.63) is 47.9 Å². The zero-order valence-electron chi connectivity index (χ0n) is 10.9. The molecule has 118 valence electrons. The Hall–Kier alpha value is -2.45. The van der Waals surface area contributed by atoms with Gasteiger partial charge in [-0.3, -0.25) is 4.98 Å². The van der Waals surface area contributed by atoms with Gasteiger partial charge in [-0.05, 0) is 24.3 Å². The third kappa shape index (κ3) is 4.54. The van der Waals surface area contributed by atoms with E-state index >= 15 is 0 Å². The molecule has 0 bridgehead atoms. The van der Waals surface area contributed by atoms with Gasteiger partial charge in [0, 0.05) is 6.20 Å². The highest BCUT2D eigenvalue weighted by Gasteiger charge is 2.30. The number of anilines is 1. The first-order valence-electron chi connectivity index (χ1n) is 6.01. The molecule has 0 saturated heterocycles. The molecule has 2 rings (SSSR count). The van der Waals surface area contributed by atoms with Gasteiger partial charge in [0.1, 0.15) is 11.6 Å². The SMILES string of the molecule is FC(F)Oc1ccc(CNc2cc(C(F)(F)F)ccn2)nc1. The van der Waals surface area contributed by atoms with Crippen LogP contribution in [-0.4, -0.2) is 16.6 Å². The number of hydrogen-bond donors (Lipinski definition) is 1. The first kappa shape index (κ1) is 15.9. The minimum absolute atomic E-state index is 0.0320. The fraction of sp³-hybridized carbons (Fsp3) is 0.231. The summed E-state index contributed by atoms with van der Waals surface area (Å²) in [5, 5.41) is 2.67. The summed E-state index contributed by atoms with van der Waals surface area (Å²) in [6.07, 6.45) is -2.31. The van der Waals surface area contributed by atoms with Crippen molar-refractivity contribution in [2.75, 3.05) is 5.32 Å². The van der Waals surface area contributed by atoms with Crippen LogP contribution in [-0.2, 0) is 12.7 Å². The summed E-state index contributed by atoms with van der Waals surface area (Å²) < 4.78 is 65.7.